The fourth-order valence-corrected chi connectivity index (χ4v) is 2.47. The Morgan fingerprint density at radius 1 is 1.20 bits per heavy atom. The Bertz CT molecular complexity index is 324. The van der Waals surface area contributed by atoms with E-state index in [-0.39, 0.29) is 0 Å². The number of aryl methyl sites for hydroxylation is 2. The quantitative estimate of drug-likeness (QED) is 0.758. The molecule has 0 unspecified atom stereocenters. The zero-order valence-corrected chi connectivity index (χ0v) is 10.5. The van der Waals surface area contributed by atoms with Gasteiger partial charge in [-0.3, -0.25) is 4.79 Å². The second-order valence-electron chi connectivity index (χ2n) is 3.88. The summed E-state index contributed by atoms with van der Waals surface area (Å²) in [5.74, 6) is 1.92. The normalized spacial score (nSPS) is 10.3. The van der Waals surface area contributed by atoms with Gasteiger partial charge < -0.3 is 0 Å². The molecule has 0 amide bonds. The van der Waals surface area contributed by atoms with Crippen LogP contribution in [0.1, 0.15) is 30.0 Å². The van der Waals surface area contributed by atoms with Crippen molar-refractivity contribution >= 4 is 17.5 Å². The van der Waals surface area contributed by atoms with Gasteiger partial charge in [-0.05, 0) is 19.4 Å². The van der Waals surface area contributed by atoms with E-state index in [0.717, 1.165) is 5.75 Å². The molecule has 0 heterocycles. The highest BCUT2D eigenvalue weighted by molar-refractivity contribution is 7.99. The maximum atomic E-state index is 11.1. The first-order valence-electron chi connectivity index (χ1n) is 5.28. The van der Waals surface area contributed by atoms with E-state index in [1.807, 2.05) is 6.92 Å². The lowest BCUT2D eigenvalue weighted by molar-refractivity contribution is -0.116. The maximum Gasteiger partial charge on any atom is 0.142 e. The van der Waals surface area contributed by atoms with Crippen molar-refractivity contribution in [2.45, 2.75) is 32.9 Å². The van der Waals surface area contributed by atoms with Gasteiger partial charge in [0.1, 0.15) is 5.78 Å². The molecule has 0 saturated carbocycles. The fraction of sp³-hybridized carbons (Fsp3) is 0.462. The highest BCUT2D eigenvalue weighted by Gasteiger charge is 2.00. The third kappa shape index (κ3) is 4.52. The van der Waals surface area contributed by atoms with Gasteiger partial charge in [-0.15, -0.1) is 11.8 Å². The van der Waals surface area contributed by atoms with Crippen LogP contribution in [0, 0.1) is 13.8 Å². The summed E-state index contributed by atoms with van der Waals surface area (Å²) in [6, 6.07) is 6.55. The molecule has 0 aliphatic rings. The zero-order chi connectivity index (χ0) is 11.3. The molecule has 0 fully saturated rings. The molecule has 2 heteroatoms. The molecule has 1 nitrogen and oxygen atoms in total. The van der Waals surface area contributed by atoms with E-state index < -0.39 is 0 Å². The van der Waals surface area contributed by atoms with Crippen molar-refractivity contribution < 1.29 is 4.79 Å². The molecule has 15 heavy (non-hydrogen) atoms. The van der Waals surface area contributed by atoms with Crippen LogP contribution in [0.2, 0.25) is 0 Å². The standard InChI is InChI=1S/C13H18OS/c1-4-13(14)9-15-8-12-6-10(2)5-11(3)7-12/h5-7H,4,8-9H2,1-3H3. The van der Waals surface area contributed by atoms with Crippen LogP contribution in [0.4, 0.5) is 0 Å². The van der Waals surface area contributed by atoms with Crippen LogP contribution < -0.4 is 0 Å². The summed E-state index contributed by atoms with van der Waals surface area (Å²) in [6.45, 7) is 6.14. The van der Waals surface area contributed by atoms with Crippen molar-refractivity contribution in [1.29, 1.82) is 0 Å². The van der Waals surface area contributed by atoms with Gasteiger partial charge >= 0.3 is 0 Å². The lowest BCUT2D eigenvalue weighted by Crippen LogP contribution is -1.98. The van der Waals surface area contributed by atoms with Gasteiger partial charge in [-0.1, -0.05) is 36.2 Å². The van der Waals surface area contributed by atoms with Crippen LogP contribution in [0.3, 0.4) is 0 Å². The molecule has 0 N–H and O–H groups in total. The minimum atomic E-state index is 0.337. The number of carbonyl (C=O) groups is 1. The van der Waals surface area contributed by atoms with Crippen molar-refractivity contribution in [3.05, 3.63) is 34.9 Å². The first-order valence-corrected chi connectivity index (χ1v) is 6.44. The van der Waals surface area contributed by atoms with Gasteiger partial charge in [0.25, 0.3) is 0 Å². The molecule has 1 aromatic rings. The molecule has 0 aromatic heterocycles. The summed E-state index contributed by atoms with van der Waals surface area (Å²) in [5, 5.41) is 0. The third-order valence-corrected chi connectivity index (χ3v) is 3.27. The lowest BCUT2D eigenvalue weighted by atomic mass is 10.1. The van der Waals surface area contributed by atoms with Crippen molar-refractivity contribution in [2.75, 3.05) is 5.75 Å². The van der Waals surface area contributed by atoms with Crippen molar-refractivity contribution in [3.8, 4) is 0 Å². The van der Waals surface area contributed by atoms with E-state index in [4.69, 9.17) is 0 Å². The summed E-state index contributed by atoms with van der Waals surface area (Å²) >= 11 is 1.71. The number of rotatable bonds is 5. The summed E-state index contributed by atoms with van der Waals surface area (Å²) in [7, 11) is 0. The molecule has 0 bridgehead atoms. The number of hydrogen-bond acceptors (Lipinski definition) is 2. The molecule has 0 aliphatic heterocycles. The van der Waals surface area contributed by atoms with Crippen molar-refractivity contribution in [3.63, 3.8) is 0 Å². The van der Waals surface area contributed by atoms with E-state index in [1.54, 1.807) is 11.8 Å². The molecule has 0 spiro atoms. The van der Waals surface area contributed by atoms with Crippen LogP contribution >= 0.6 is 11.8 Å². The molecular formula is C13H18OS. The molecule has 0 atom stereocenters. The summed E-state index contributed by atoms with van der Waals surface area (Å²) in [5.41, 5.74) is 3.92. The van der Waals surface area contributed by atoms with E-state index in [1.165, 1.54) is 16.7 Å². The average molecular weight is 222 g/mol. The number of ketones is 1. The third-order valence-electron chi connectivity index (χ3n) is 2.21. The highest BCUT2D eigenvalue weighted by Crippen LogP contribution is 2.16. The molecule has 1 aromatic carbocycles. The van der Waals surface area contributed by atoms with Gasteiger partial charge in [-0.2, -0.15) is 0 Å². The summed E-state index contributed by atoms with van der Waals surface area (Å²) < 4.78 is 0. The van der Waals surface area contributed by atoms with Crippen LogP contribution in [0.15, 0.2) is 18.2 Å². The molecule has 0 saturated heterocycles. The number of benzene rings is 1. The van der Waals surface area contributed by atoms with E-state index in [2.05, 4.69) is 32.0 Å². The van der Waals surface area contributed by atoms with Crippen LogP contribution in [-0.4, -0.2) is 11.5 Å². The Kier molecular flexibility index (Phi) is 4.89. The van der Waals surface area contributed by atoms with Crippen LogP contribution in [0.5, 0.6) is 0 Å². The molecular weight excluding hydrogens is 204 g/mol. The van der Waals surface area contributed by atoms with Gasteiger partial charge in [0.05, 0.1) is 5.75 Å². The topological polar surface area (TPSA) is 17.1 Å². The molecule has 82 valence electrons. The highest BCUT2D eigenvalue weighted by atomic mass is 32.2. The van der Waals surface area contributed by atoms with Crippen LogP contribution in [0.25, 0.3) is 0 Å². The van der Waals surface area contributed by atoms with Gasteiger partial charge in [0, 0.05) is 12.2 Å². The van der Waals surface area contributed by atoms with Crippen molar-refractivity contribution in [1.82, 2.24) is 0 Å². The number of carbonyl (C=O) groups excluding carboxylic acids is 1. The van der Waals surface area contributed by atoms with E-state index in [9.17, 15) is 4.79 Å². The summed E-state index contributed by atoms with van der Waals surface area (Å²) in [4.78, 5) is 11.1. The maximum absolute atomic E-state index is 11.1. The first kappa shape index (κ1) is 12.3. The van der Waals surface area contributed by atoms with Gasteiger partial charge in [0.15, 0.2) is 0 Å². The van der Waals surface area contributed by atoms with Gasteiger partial charge in [-0.25, -0.2) is 0 Å². The average Bonchev–Trinajstić information content (AvgIpc) is 2.16. The Labute approximate surface area is 96.3 Å². The number of hydrogen-bond donors (Lipinski definition) is 0. The Balaban J connectivity index is 2.47. The Hall–Kier alpha value is -0.760. The fourth-order valence-electron chi connectivity index (χ4n) is 1.54. The predicted molar refractivity (Wildman–Crippen MR) is 67.4 cm³/mol. The van der Waals surface area contributed by atoms with Crippen molar-refractivity contribution in [2.24, 2.45) is 0 Å². The number of thioether (sulfide) groups is 1. The van der Waals surface area contributed by atoms with Crippen LogP contribution in [-0.2, 0) is 10.5 Å². The second-order valence-corrected chi connectivity index (χ2v) is 4.87. The molecule has 0 radical (unpaired) electrons. The molecule has 0 aliphatic carbocycles. The zero-order valence-electron chi connectivity index (χ0n) is 9.67. The second kappa shape index (κ2) is 5.96. The largest absolute Gasteiger partial charge is 0.299 e. The summed E-state index contributed by atoms with van der Waals surface area (Å²) in [6.07, 6.45) is 0.653. The van der Waals surface area contributed by atoms with E-state index in [0.29, 0.717) is 18.0 Å². The van der Waals surface area contributed by atoms with E-state index >= 15 is 0 Å². The number of Topliss-reactive ketones (excluding diaryl/α,β-unsaturated/α-hetero) is 1. The Morgan fingerprint density at radius 2 is 1.80 bits per heavy atom. The minimum absolute atomic E-state index is 0.337. The predicted octanol–water partition coefficient (Wildman–Crippen LogP) is 3.52. The first-order chi connectivity index (χ1) is 7.11. The smallest absolute Gasteiger partial charge is 0.142 e. The lowest BCUT2D eigenvalue weighted by Gasteiger charge is -2.04. The Morgan fingerprint density at radius 3 is 2.33 bits per heavy atom. The minimum Gasteiger partial charge on any atom is -0.299 e. The SMILES string of the molecule is CCC(=O)CSCc1cc(C)cc(C)c1. The van der Waals surface area contributed by atoms with Gasteiger partial charge in [0.2, 0.25) is 0 Å². The molecule has 1 rings (SSSR count). The monoisotopic (exact) mass is 222 g/mol.